The van der Waals surface area contributed by atoms with Gasteiger partial charge in [-0.1, -0.05) is 0 Å². The average molecular weight is 201 g/mol. The molecule has 0 aromatic carbocycles. The zero-order valence-corrected chi connectivity index (χ0v) is 8.61. The number of rotatable bonds is 1. The van der Waals surface area contributed by atoms with Gasteiger partial charge in [-0.25, -0.2) is 9.78 Å². The van der Waals surface area contributed by atoms with Gasteiger partial charge in [-0.2, -0.15) is 0 Å². The minimum absolute atomic E-state index is 0.334. The van der Waals surface area contributed by atoms with Gasteiger partial charge in [0, 0.05) is 24.2 Å². The van der Waals surface area contributed by atoms with Gasteiger partial charge in [-0.3, -0.25) is 4.98 Å². The largest absolute Gasteiger partial charge is 0.345 e. The molecule has 4 heteroatoms. The Morgan fingerprint density at radius 2 is 2.00 bits per heavy atom. The van der Waals surface area contributed by atoms with Crippen molar-refractivity contribution >= 4 is 0 Å². The lowest BCUT2D eigenvalue weighted by Crippen LogP contribution is -2.11. The molecule has 0 spiro atoms. The molecule has 2 aromatic heterocycles. The van der Waals surface area contributed by atoms with Crippen LogP contribution in [-0.4, -0.2) is 15.0 Å². The lowest BCUT2D eigenvalue weighted by molar-refractivity contribution is 1.05. The summed E-state index contributed by atoms with van der Waals surface area (Å²) in [5, 5.41) is 0. The van der Waals surface area contributed by atoms with Crippen molar-refractivity contribution in [2.24, 2.45) is 0 Å². The molecule has 4 nitrogen and oxygen atoms in total. The van der Waals surface area contributed by atoms with E-state index in [0.717, 1.165) is 22.4 Å². The van der Waals surface area contributed by atoms with Crippen LogP contribution < -0.4 is 5.69 Å². The molecule has 0 aliphatic rings. The fourth-order valence-corrected chi connectivity index (χ4v) is 1.46. The third-order valence-electron chi connectivity index (χ3n) is 2.31. The normalized spacial score (nSPS) is 10.3. The quantitative estimate of drug-likeness (QED) is 0.759. The van der Waals surface area contributed by atoms with Gasteiger partial charge in [0.2, 0.25) is 0 Å². The maximum absolute atomic E-state index is 11.1. The fourth-order valence-electron chi connectivity index (χ4n) is 1.46. The Bertz CT molecular complexity index is 546. The number of hydrogen-bond donors (Lipinski definition) is 1. The summed E-state index contributed by atoms with van der Waals surface area (Å²) < 4.78 is 0. The average Bonchev–Trinajstić information content (AvgIpc) is 2.23. The van der Waals surface area contributed by atoms with E-state index in [2.05, 4.69) is 15.0 Å². The molecule has 0 amide bonds. The second kappa shape index (κ2) is 3.65. The molecule has 0 bridgehead atoms. The lowest BCUT2D eigenvalue weighted by Gasteiger charge is -2.06. The van der Waals surface area contributed by atoms with Crippen LogP contribution in [0.2, 0.25) is 0 Å². The van der Waals surface area contributed by atoms with E-state index in [-0.39, 0.29) is 5.69 Å². The van der Waals surface area contributed by atoms with Crippen molar-refractivity contribution in [2.75, 3.05) is 0 Å². The summed E-state index contributed by atoms with van der Waals surface area (Å²) in [4.78, 5) is 21.6. The van der Waals surface area contributed by atoms with Crippen molar-refractivity contribution in [3.8, 4) is 11.3 Å². The van der Waals surface area contributed by atoms with Gasteiger partial charge >= 0.3 is 5.69 Å². The van der Waals surface area contributed by atoms with Gasteiger partial charge in [0.15, 0.2) is 0 Å². The minimum atomic E-state index is -0.334. The van der Waals surface area contributed by atoms with E-state index in [4.69, 9.17) is 0 Å². The number of H-pyrrole nitrogens is 1. The molecule has 0 fully saturated rings. The van der Waals surface area contributed by atoms with E-state index in [1.807, 2.05) is 19.9 Å². The summed E-state index contributed by atoms with van der Waals surface area (Å²) in [7, 11) is 0. The Morgan fingerprint density at radius 3 is 2.73 bits per heavy atom. The van der Waals surface area contributed by atoms with Gasteiger partial charge in [0.1, 0.15) is 0 Å². The summed E-state index contributed by atoms with van der Waals surface area (Å²) in [5.41, 5.74) is 3.41. The van der Waals surface area contributed by atoms with Gasteiger partial charge in [0.05, 0.1) is 5.69 Å². The third kappa shape index (κ3) is 1.79. The van der Waals surface area contributed by atoms with Crippen molar-refractivity contribution < 1.29 is 0 Å². The number of aromatic nitrogens is 3. The van der Waals surface area contributed by atoms with Gasteiger partial charge in [-0.15, -0.1) is 0 Å². The molecule has 0 atom stereocenters. The fraction of sp³-hybridized carbons (Fsp3) is 0.182. The maximum atomic E-state index is 11.1. The van der Waals surface area contributed by atoms with E-state index in [1.54, 1.807) is 18.6 Å². The SMILES string of the molecule is Cc1ccncc1-c1[nH]c(=O)ncc1C. The standard InChI is InChI=1S/C11H11N3O/c1-7-3-4-12-6-9(7)10-8(2)5-13-11(15)14-10/h3-6H,1-2H3,(H,13,14,15). The first-order valence-corrected chi connectivity index (χ1v) is 4.65. The van der Waals surface area contributed by atoms with Gasteiger partial charge in [0.25, 0.3) is 0 Å². The molecule has 0 aliphatic heterocycles. The van der Waals surface area contributed by atoms with Crippen LogP contribution in [0.3, 0.4) is 0 Å². The maximum Gasteiger partial charge on any atom is 0.345 e. The van der Waals surface area contributed by atoms with Crippen LogP contribution in [0.5, 0.6) is 0 Å². The number of nitrogens with zero attached hydrogens (tertiary/aromatic N) is 2. The van der Waals surface area contributed by atoms with Crippen LogP contribution in [0.25, 0.3) is 11.3 Å². The van der Waals surface area contributed by atoms with Crippen molar-refractivity contribution in [1.29, 1.82) is 0 Å². The highest BCUT2D eigenvalue weighted by Gasteiger charge is 2.05. The van der Waals surface area contributed by atoms with Crippen LogP contribution in [0.1, 0.15) is 11.1 Å². The third-order valence-corrected chi connectivity index (χ3v) is 2.31. The van der Waals surface area contributed by atoms with Crippen molar-refractivity contribution in [2.45, 2.75) is 13.8 Å². The highest BCUT2D eigenvalue weighted by molar-refractivity contribution is 5.64. The first-order chi connectivity index (χ1) is 7.18. The first-order valence-electron chi connectivity index (χ1n) is 4.65. The van der Waals surface area contributed by atoms with Crippen LogP contribution >= 0.6 is 0 Å². The number of aromatic amines is 1. The zero-order chi connectivity index (χ0) is 10.8. The van der Waals surface area contributed by atoms with E-state index in [9.17, 15) is 4.79 Å². The Kier molecular flexibility index (Phi) is 2.33. The molecule has 2 aromatic rings. The molecule has 15 heavy (non-hydrogen) atoms. The Morgan fingerprint density at radius 1 is 1.20 bits per heavy atom. The van der Waals surface area contributed by atoms with E-state index < -0.39 is 0 Å². The Hall–Kier alpha value is -1.97. The number of pyridine rings is 1. The van der Waals surface area contributed by atoms with Crippen molar-refractivity contribution in [1.82, 2.24) is 15.0 Å². The van der Waals surface area contributed by atoms with Gasteiger partial charge < -0.3 is 4.98 Å². The Balaban J connectivity index is 2.69. The molecule has 0 saturated carbocycles. The second-order valence-electron chi connectivity index (χ2n) is 3.44. The molecule has 76 valence electrons. The number of hydrogen-bond acceptors (Lipinski definition) is 3. The first kappa shape index (κ1) is 9.58. The van der Waals surface area contributed by atoms with E-state index in [0.29, 0.717) is 0 Å². The monoisotopic (exact) mass is 201 g/mol. The molecular formula is C11H11N3O. The zero-order valence-electron chi connectivity index (χ0n) is 8.61. The smallest absolute Gasteiger partial charge is 0.305 e. The highest BCUT2D eigenvalue weighted by Crippen LogP contribution is 2.21. The second-order valence-corrected chi connectivity index (χ2v) is 3.44. The molecule has 0 saturated heterocycles. The van der Waals surface area contributed by atoms with Crippen molar-refractivity contribution in [3.63, 3.8) is 0 Å². The summed E-state index contributed by atoms with van der Waals surface area (Å²) in [6.07, 6.45) is 5.04. The molecule has 2 rings (SSSR count). The Labute approximate surface area is 87.0 Å². The van der Waals surface area contributed by atoms with E-state index in [1.165, 1.54) is 0 Å². The highest BCUT2D eigenvalue weighted by atomic mass is 16.1. The topological polar surface area (TPSA) is 58.6 Å². The molecular weight excluding hydrogens is 190 g/mol. The summed E-state index contributed by atoms with van der Waals surface area (Å²) in [6, 6.07) is 1.91. The molecule has 0 unspecified atom stereocenters. The molecule has 2 heterocycles. The van der Waals surface area contributed by atoms with Crippen LogP contribution in [0.15, 0.2) is 29.5 Å². The van der Waals surface area contributed by atoms with Crippen LogP contribution in [0, 0.1) is 13.8 Å². The van der Waals surface area contributed by atoms with Gasteiger partial charge in [-0.05, 0) is 31.0 Å². The van der Waals surface area contributed by atoms with Crippen LogP contribution in [0.4, 0.5) is 0 Å². The predicted molar refractivity (Wildman–Crippen MR) is 57.6 cm³/mol. The predicted octanol–water partition coefficient (Wildman–Crippen LogP) is 1.45. The summed E-state index contributed by atoms with van der Waals surface area (Å²) in [5.74, 6) is 0. The van der Waals surface area contributed by atoms with Crippen molar-refractivity contribution in [3.05, 3.63) is 46.3 Å². The number of nitrogens with one attached hydrogen (secondary N) is 1. The number of aryl methyl sites for hydroxylation is 2. The molecule has 1 N–H and O–H groups in total. The molecule has 0 radical (unpaired) electrons. The van der Waals surface area contributed by atoms with E-state index >= 15 is 0 Å². The summed E-state index contributed by atoms with van der Waals surface area (Å²) in [6.45, 7) is 3.89. The summed E-state index contributed by atoms with van der Waals surface area (Å²) >= 11 is 0. The van der Waals surface area contributed by atoms with Crippen LogP contribution in [-0.2, 0) is 0 Å². The minimum Gasteiger partial charge on any atom is -0.305 e. The lowest BCUT2D eigenvalue weighted by atomic mass is 10.1. The molecule has 0 aliphatic carbocycles.